The quantitative estimate of drug-likeness (QED) is 0.517. The van der Waals surface area contributed by atoms with Gasteiger partial charge in [0.1, 0.15) is 0 Å². The second-order valence-electron chi connectivity index (χ2n) is 9.18. The monoisotopic (exact) mass is 411 g/mol. The Morgan fingerprint density at radius 3 is 2.19 bits per heavy atom. The van der Waals surface area contributed by atoms with Gasteiger partial charge in [0.05, 0.1) is 18.8 Å². The largest absolute Gasteiger partial charge is 0.379 e. The van der Waals surface area contributed by atoms with Gasteiger partial charge in [0, 0.05) is 5.69 Å². The fourth-order valence-electron chi connectivity index (χ4n) is 5.01. The zero-order chi connectivity index (χ0) is 20.9. The van der Waals surface area contributed by atoms with Crippen molar-refractivity contribution in [2.45, 2.75) is 70.1 Å². The average Bonchev–Trinajstić information content (AvgIpc) is 2.81. The van der Waals surface area contributed by atoms with E-state index < -0.39 is 0 Å². The number of hydrogen-bond acceptors (Lipinski definition) is 2. The van der Waals surface area contributed by atoms with Crippen molar-refractivity contribution in [2.75, 3.05) is 5.32 Å². The van der Waals surface area contributed by atoms with Crippen LogP contribution in [-0.4, -0.2) is 12.1 Å². The van der Waals surface area contributed by atoms with E-state index in [1.807, 2.05) is 0 Å². The topological polar surface area (TPSA) is 21.3 Å². The molecule has 0 unspecified atom stereocenters. The highest BCUT2D eigenvalue weighted by atomic mass is 16.5. The molecule has 160 valence electrons. The van der Waals surface area contributed by atoms with Crippen LogP contribution in [0.5, 0.6) is 0 Å². The molecule has 0 spiro atoms. The number of ether oxygens (including phenoxy) is 1. The Morgan fingerprint density at radius 1 is 0.710 bits per heavy atom. The summed E-state index contributed by atoms with van der Waals surface area (Å²) in [6.45, 7) is 0.701. The van der Waals surface area contributed by atoms with E-state index in [0.29, 0.717) is 12.6 Å². The Hall–Kier alpha value is -2.58. The van der Waals surface area contributed by atoms with Crippen molar-refractivity contribution in [1.29, 1.82) is 0 Å². The van der Waals surface area contributed by atoms with Crippen LogP contribution in [0.3, 0.4) is 0 Å². The fourth-order valence-corrected chi connectivity index (χ4v) is 5.01. The van der Waals surface area contributed by atoms with Crippen LogP contribution in [0.1, 0.15) is 53.5 Å². The Kier molecular flexibility index (Phi) is 6.36. The second-order valence-corrected chi connectivity index (χ2v) is 9.18. The smallest absolute Gasteiger partial charge is 0.0780 e. The maximum absolute atomic E-state index is 6.43. The highest BCUT2D eigenvalue weighted by Gasteiger charge is 2.26. The molecule has 5 aliphatic rings. The normalized spacial score (nSPS) is 20.8. The van der Waals surface area contributed by atoms with Gasteiger partial charge in [0.2, 0.25) is 0 Å². The predicted octanol–water partition coefficient (Wildman–Crippen LogP) is 6.51. The van der Waals surface area contributed by atoms with Crippen molar-refractivity contribution in [3.8, 4) is 0 Å². The lowest BCUT2D eigenvalue weighted by molar-refractivity contribution is 0.00882. The van der Waals surface area contributed by atoms with E-state index in [-0.39, 0.29) is 6.10 Å². The van der Waals surface area contributed by atoms with Crippen LogP contribution in [0, 0.1) is 0 Å². The summed E-state index contributed by atoms with van der Waals surface area (Å²) in [5.74, 6) is 0. The number of rotatable bonds is 5. The molecule has 31 heavy (non-hydrogen) atoms. The summed E-state index contributed by atoms with van der Waals surface area (Å²) in [7, 11) is 0. The van der Waals surface area contributed by atoms with Crippen molar-refractivity contribution in [2.24, 2.45) is 0 Å². The first-order chi connectivity index (χ1) is 15.3. The van der Waals surface area contributed by atoms with Gasteiger partial charge in [-0.3, -0.25) is 0 Å². The molecule has 4 bridgehead atoms. The maximum Gasteiger partial charge on any atom is 0.0780 e. The Balaban J connectivity index is 1.32. The molecule has 0 aromatic heterocycles. The van der Waals surface area contributed by atoms with E-state index in [1.54, 1.807) is 0 Å². The van der Waals surface area contributed by atoms with Crippen LogP contribution in [0.25, 0.3) is 0 Å². The number of hydrogen-bond donors (Lipinski definition) is 1. The van der Waals surface area contributed by atoms with Gasteiger partial charge in [-0.25, -0.2) is 0 Å². The van der Waals surface area contributed by atoms with Crippen LogP contribution in [0.15, 0.2) is 72.8 Å². The molecule has 1 saturated carbocycles. The Labute approximate surface area is 186 Å². The number of benzene rings is 3. The number of nitrogens with one attached hydrogen (secondary N) is 1. The van der Waals surface area contributed by atoms with Gasteiger partial charge in [-0.2, -0.15) is 0 Å². The van der Waals surface area contributed by atoms with Gasteiger partial charge in [0.15, 0.2) is 0 Å². The van der Waals surface area contributed by atoms with Crippen molar-refractivity contribution in [3.63, 3.8) is 0 Å². The van der Waals surface area contributed by atoms with Gasteiger partial charge in [-0.05, 0) is 72.4 Å². The molecule has 3 aromatic rings. The molecule has 3 aromatic carbocycles. The third-order valence-corrected chi connectivity index (χ3v) is 6.93. The summed E-state index contributed by atoms with van der Waals surface area (Å²) in [5, 5.41) is 3.95. The van der Waals surface area contributed by atoms with Gasteiger partial charge in [0.25, 0.3) is 0 Å². The van der Waals surface area contributed by atoms with Crippen molar-refractivity contribution >= 4 is 5.69 Å². The molecule has 1 N–H and O–H groups in total. The molecule has 8 rings (SSSR count). The standard InChI is InChI=1S/C29H33NO/c1-2-6-25(7-3-1)21-31-29-9-5-4-8-27(29)30-28-20-24-15-14-22-10-12-23(13-11-22)16-18-26(28)19-17-24/h1-3,6-7,10-13,17,19-20,27,29-30H,4-5,8-9,14-16,18,21H2/t27-,29-/m0/s1. The maximum atomic E-state index is 6.43. The third kappa shape index (κ3) is 5.19. The van der Waals surface area contributed by atoms with E-state index in [4.69, 9.17) is 4.74 Å². The predicted molar refractivity (Wildman–Crippen MR) is 129 cm³/mol. The first-order valence-corrected chi connectivity index (χ1v) is 12.0. The molecule has 0 saturated heterocycles. The summed E-state index contributed by atoms with van der Waals surface area (Å²) in [4.78, 5) is 0. The third-order valence-electron chi connectivity index (χ3n) is 6.93. The van der Waals surface area contributed by atoms with Gasteiger partial charge in [-0.1, -0.05) is 79.6 Å². The minimum atomic E-state index is 0.274. The minimum Gasteiger partial charge on any atom is -0.379 e. The zero-order valence-corrected chi connectivity index (χ0v) is 18.4. The summed E-state index contributed by atoms with van der Waals surface area (Å²) >= 11 is 0. The highest BCUT2D eigenvalue weighted by Crippen LogP contribution is 2.29. The fraction of sp³-hybridized carbons (Fsp3) is 0.379. The van der Waals surface area contributed by atoms with Crippen molar-refractivity contribution in [3.05, 3.63) is 101 Å². The van der Waals surface area contributed by atoms with Crippen LogP contribution in [-0.2, 0) is 37.0 Å². The zero-order valence-electron chi connectivity index (χ0n) is 18.4. The molecule has 5 aliphatic carbocycles. The Morgan fingerprint density at radius 2 is 1.39 bits per heavy atom. The molecular formula is C29H33NO. The summed E-state index contributed by atoms with van der Waals surface area (Å²) < 4.78 is 6.43. The first kappa shape index (κ1) is 20.3. The minimum absolute atomic E-state index is 0.274. The van der Waals surface area contributed by atoms with Crippen LogP contribution in [0.4, 0.5) is 5.69 Å². The summed E-state index contributed by atoms with van der Waals surface area (Å²) in [6, 6.07) is 27.3. The Bertz CT molecular complexity index is 979. The second kappa shape index (κ2) is 9.70. The SMILES string of the molecule is c1ccc(CO[C@H]2CCCC[C@@H]2Nc2cc3ccc2CCc2ccc(cc2)CC3)cc1. The molecular weight excluding hydrogens is 378 g/mol. The van der Waals surface area contributed by atoms with Crippen molar-refractivity contribution in [1.82, 2.24) is 0 Å². The molecule has 0 amide bonds. The lowest BCUT2D eigenvalue weighted by atomic mass is 9.91. The lowest BCUT2D eigenvalue weighted by Gasteiger charge is -2.33. The van der Waals surface area contributed by atoms with Gasteiger partial charge in [-0.15, -0.1) is 0 Å². The molecule has 2 heteroatoms. The molecule has 1 fully saturated rings. The van der Waals surface area contributed by atoms with Crippen molar-refractivity contribution < 1.29 is 4.74 Å². The van der Waals surface area contributed by atoms with E-state index in [0.717, 1.165) is 32.1 Å². The van der Waals surface area contributed by atoms with Crippen LogP contribution in [0.2, 0.25) is 0 Å². The average molecular weight is 412 g/mol. The van der Waals surface area contributed by atoms with Crippen LogP contribution >= 0.6 is 0 Å². The van der Waals surface area contributed by atoms with E-state index >= 15 is 0 Å². The lowest BCUT2D eigenvalue weighted by Crippen LogP contribution is -2.38. The first-order valence-electron chi connectivity index (χ1n) is 12.0. The molecule has 0 heterocycles. The van der Waals surface area contributed by atoms with E-state index in [1.165, 1.54) is 52.8 Å². The molecule has 2 atom stereocenters. The highest BCUT2D eigenvalue weighted by molar-refractivity contribution is 5.55. The molecule has 0 aliphatic heterocycles. The number of anilines is 1. The summed E-state index contributed by atoms with van der Waals surface area (Å²) in [6.07, 6.45) is 9.50. The van der Waals surface area contributed by atoms with E-state index in [2.05, 4.69) is 78.1 Å². The number of aryl methyl sites for hydroxylation is 4. The molecule has 2 nitrogen and oxygen atoms in total. The molecule has 0 radical (unpaired) electrons. The van der Waals surface area contributed by atoms with Crippen LogP contribution < -0.4 is 5.32 Å². The van der Waals surface area contributed by atoms with Gasteiger partial charge < -0.3 is 10.1 Å². The van der Waals surface area contributed by atoms with E-state index in [9.17, 15) is 0 Å². The summed E-state index contributed by atoms with van der Waals surface area (Å²) in [5.41, 5.74) is 8.31. The van der Waals surface area contributed by atoms with Gasteiger partial charge >= 0.3 is 0 Å².